The molecule has 4 rings (SSSR count). The highest BCUT2D eigenvalue weighted by Crippen LogP contribution is 2.47. The first-order valence-corrected chi connectivity index (χ1v) is 10.7. The molecule has 11 heteroatoms. The molecule has 7 nitrogen and oxygen atoms in total. The van der Waals surface area contributed by atoms with E-state index < -0.39 is 27.0 Å². The van der Waals surface area contributed by atoms with Crippen LogP contribution in [0, 0.1) is 11.3 Å². The Hall–Kier alpha value is -3.00. The molecule has 1 aliphatic carbocycles. The maximum Gasteiger partial charge on any atom is 0.417 e. The fourth-order valence-corrected chi connectivity index (χ4v) is 4.29. The predicted molar refractivity (Wildman–Crippen MR) is 101 cm³/mol. The van der Waals surface area contributed by atoms with Crippen molar-refractivity contribution in [3.05, 3.63) is 35.7 Å². The van der Waals surface area contributed by atoms with E-state index in [1.54, 1.807) is 0 Å². The topological polar surface area (TPSA) is 102 Å². The molecule has 30 heavy (non-hydrogen) atoms. The van der Waals surface area contributed by atoms with Crippen LogP contribution < -0.4 is 0 Å². The van der Waals surface area contributed by atoms with Crippen molar-refractivity contribution in [1.29, 1.82) is 5.26 Å². The van der Waals surface area contributed by atoms with Crippen molar-refractivity contribution in [3.63, 3.8) is 0 Å². The second-order valence-electron chi connectivity index (χ2n) is 7.20. The summed E-state index contributed by atoms with van der Waals surface area (Å²) in [6.07, 6.45) is -2.67. The molecule has 0 amide bonds. The minimum absolute atomic E-state index is 0.00457. The van der Waals surface area contributed by atoms with Crippen LogP contribution in [0.15, 0.2) is 29.3 Å². The third-order valence-electron chi connectivity index (χ3n) is 5.28. The Morgan fingerprint density at radius 2 is 1.97 bits per heavy atom. The number of aromatic nitrogens is 4. The van der Waals surface area contributed by atoms with Crippen LogP contribution >= 0.6 is 0 Å². The SMILES string of the molecule is CCS(=O)(=O)c1ccc(C2(C#N)CC2)nc1-c1nc2cc(C(F)(F)F)cnc2n1C. The number of rotatable bonds is 4. The lowest BCUT2D eigenvalue weighted by atomic mass is 10.0. The standard InChI is InChI=1S/C19H16F3N5O2S/c1-3-30(28,29)13-4-5-14(18(10-23)6-7-18)26-15(13)17-25-12-8-11(19(20,21)22)9-24-16(12)27(17)2/h4-5,8-9H,3,6-7H2,1-2H3. The van der Waals surface area contributed by atoms with E-state index in [0.717, 1.165) is 6.07 Å². The lowest BCUT2D eigenvalue weighted by molar-refractivity contribution is -0.137. The van der Waals surface area contributed by atoms with E-state index in [0.29, 0.717) is 24.7 Å². The maximum absolute atomic E-state index is 13.0. The summed E-state index contributed by atoms with van der Waals surface area (Å²) in [6.45, 7) is 1.48. The highest BCUT2D eigenvalue weighted by atomic mass is 32.2. The average Bonchev–Trinajstić information content (AvgIpc) is 3.45. The van der Waals surface area contributed by atoms with Crippen molar-refractivity contribution in [2.24, 2.45) is 7.05 Å². The molecule has 3 aromatic rings. The van der Waals surface area contributed by atoms with Crippen molar-refractivity contribution < 1.29 is 21.6 Å². The van der Waals surface area contributed by atoms with E-state index in [-0.39, 0.29) is 33.3 Å². The lowest BCUT2D eigenvalue weighted by Gasteiger charge is -2.12. The number of halogens is 3. The molecule has 0 saturated heterocycles. The Morgan fingerprint density at radius 3 is 2.53 bits per heavy atom. The molecule has 3 heterocycles. The molecule has 0 aliphatic heterocycles. The molecule has 0 aromatic carbocycles. The second kappa shape index (κ2) is 6.50. The number of pyridine rings is 2. The van der Waals surface area contributed by atoms with Gasteiger partial charge >= 0.3 is 6.18 Å². The Bertz CT molecular complexity index is 1320. The van der Waals surface area contributed by atoms with Gasteiger partial charge in [0.2, 0.25) is 0 Å². The number of hydrogen-bond donors (Lipinski definition) is 0. The van der Waals surface area contributed by atoms with Crippen LogP contribution in [0.25, 0.3) is 22.7 Å². The zero-order valence-electron chi connectivity index (χ0n) is 16.0. The number of alkyl halides is 3. The van der Waals surface area contributed by atoms with Gasteiger partial charge in [-0.15, -0.1) is 0 Å². The van der Waals surface area contributed by atoms with E-state index in [1.807, 2.05) is 0 Å². The first-order valence-electron chi connectivity index (χ1n) is 9.08. The Balaban J connectivity index is 1.98. The number of aryl methyl sites for hydroxylation is 1. The Morgan fingerprint density at radius 1 is 1.27 bits per heavy atom. The van der Waals surface area contributed by atoms with Gasteiger partial charge in [0.25, 0.3) is 0 Å². The van der Waals surface area contributed by atoms with E-state index in [1.165, 1.54) is 30.7 Å². The van der Waals surface area contributed by atoms with Crippen molar-refractivity contribution >= 4 is 21.0 Å². The van der Waals surface area contributed by atoms with Crippen LogP contribution in [0.3, 0.4) is 0 Å². The molecule has 0 bridgehead atoms. The zero-order valence-corrected chi connectivity index (χ0v) is 16.8. The summed E-state index contributed by atoms with van der Waals surface area (Å²) in [7, 11) is -2.18. The predicted octanol–water partition coefficient (Wildman–Crippen LogP) is 3.40. The lowest BCUT2D eigenvalue weighted by Crippen LogP contribution is -2.13. The molecule has 0 atom stereocenters. The molecule has 1 saturated carbocycles. The van der Waals surface area contributed by atoms with E-state index in [9.17, 15) is 26.9 Å². The van der Waals surface area contributed by atoms with Crippen LogP contribution in [0.5, 0.6) is 0 Å². The second-order valence-corrected chi connectivity index (χ2v) is 9.45. The summed E-state index contributed by atoms with van der Waals surface area (Å²) in [4.78, 5) is 12.4. The van der Waals surface area contributed by atoms with Gasteiger partial charge < -0.3 is 4.57 Å². The third kappa shape index (κ3) is 3.11. The first kappa shape index (κ1) is 20.3. The zero-order chi connectivity index (χ0) is 21.9. The summed E-state index contributed by atoms with van der Waals surface area (Å²) < 4.78 is 65.8. The van der Waals surface area contributed by atoms with Crippen molar-refractivity contribution in [2.45, 2.75) is 36.3 Å². The minimum Gasteiger partial charge on any atom is -0.310 e. The quantitative estimate of drug-likeness (QED) is 0.623. The smallest absolute Gasteiger partial charge is 0.310 e. The van der Waals surface area contributed by atoms with Crippen LogP contribution in [-0.4, -0.2) is 33.7 Å². The van der Waals surface area contributed by atoms with Gasteiger partial charge in [0.1, 0.15) is 11.2 Å². The molecular formula is C19H16F3N5O2S. The average molecular weight is 435 g/mol. The summed E-state index contributed by atoms with van der Waals surface area (Å²) in [5.41, 5.74) is -1.17. The highest BCUT2D eigenvalue weighted by molar-refractivity contribution is 7.91. The molecule has 3 aromatic heterocycles. The summed E-state index contributed by atoms with van der Waals surface area (Å²) in [6, 6.07) is 5.98. The number of sulfone groups is 1. The molecular weight excluding hydrogens is 419 g/mol. The van der Waals surface area contributed by atoms with Gasteiger partial charge in [0, 0.05) is 13.2 Å². The Labute approximate surface area is 170 Å². The summed E-state index contributed by atoms with van der Waals surface area (Å²) in [5, 5.41) is 9.48. The number of fused-ring (bicyclic) bond motifs is 1. The van der Waals surface area contributed by atoms with E-state index >= 15 is 0 Å². The molecule has 0 unspecified atom stereocenters. The van der Waals surface area contributed by atoms with Gasteiger partial charge in [0.05, 0.1) is 33.4 Å². The molecule has 0 spiro atoms. The monoisotopic (exact) mass is 435 g/mol. The van der Waals surface area contributed by atoms with Gasteiger partial charge in [-0.2, -0.15) is 18.4 Å². The van der Waals surface area contributed by atoms with Crippen molar-refractivity contribution in [3.8, 4) is 17.6 Å². The summed E-state index contributed by atoms with van der Waals surface area (Å²) >= 11 is 0. The Kier molecular flexibility index (Phi) is 4.39. The normalized spacial score (nSPS) is 15.9. The number of imidazole rings is 1. The van der Waals surface area contributed by atoms with Crippen LogP contribution in [-0.2, 0) is 28.5 Å². The minimum atomic E-state index is -4.58. The third-order valence-corrected chi connectivity index (χ3v) is 7.04. The molecule has 0 radical (unpaired) electrons. The van der Waals surface area contributed by atoms with Gasteiger partial charge in [-0.1, -0.05) is 6.92 Å². The van der Waals surface area contributed by atoms with Crippen molar-refractivity contribution in [1.82, 2.24) is 19.5 Å². The molecule has 0 N–H and O–H groups in total. The number of nitrogens with zero attached hydrogens (tertiary/aromatic N) is 5. The van der Waals surface area contributed by atoms with E-state index in [4.69, 9.17) is 0 Å². The van der Waals surface area contributed by atoms with Gasteiger partial charge in [-0.25, -0.2) is 23.4 Å². The highest BCUT2D eigenvalue weighted by Gasteiger charge is 2.47. The van der Waals surface area contributed by atoms with E-state index in [2.05, 4.69) is 21.0 Å². The van der Waals surface area contributed by atoms with Gasteiger partial charge in [-0.05, 0) is 31.0 Å². The fourth-order valence-electron chi connectivity index (χ4n) is 3.27. The maximum atomic E-state index is 13.0. The molecule has 1 aliphatic rings. The van der Waals surface area contributed by atoms with Gasteiger partial charge in [-0.3, -0.25) is 0 Å². The number of nitriles is 1. The number of hydrogen-bond acceptors (Lipinski definition) is 6. The first-order chi connectivity index (χ1) is 14.0. The van der Waals surface area contributed by atoms with Crippen molar-refractivity contribution in [2.75, 3.05) is 5.75 Å². The molecule has 156 valence electrons. The van der Waals surface area contributed by atoms with Crippen LogP contribution in [0.2, 0.25) is 0 Å². The van der Waals surface area contributed by atoms with Gasteiger partial charge in [0.15, 0.2) is 21.3 Å². The van der Waals surface area contributed by atoms with Crippen LogP contribution in [0.4, 0.5) is 13.2 Å². The largest absolute Gasteiger partial charge is 0.417 e. The summed E-state index contributed by atoms with van der Waals surface area (Å²) in [5.74, 6) is -0.121. The van der Waals surface area contributed by atoms with Crippen LogP contribution in [0.1, 0.15) is 31.0 Å². The fraction of sp³-hybridized carbons (Fsp3) is 0.368. The molecule has 1 fully saturated rings.